The van der Waals surface area contributed by atoms with Gasteiger partial charge in [0.15, 0.2) is 0 Å². The zero-order chi connectivity index (χ0) is 13.1. The van der Waals surface area contributed by atoms with Crippen molar-refractivity contribution >= 4 is 6.03 Å². The summed E-state index contributed by atoms with van der Waals surface area (Å²) < 4.78 is 0. The van der Waals surface area contributed by atoms with E-state index in [0.717, 1.165) is 26.2 Å². The molecule has 0 aromatic rings. The minimum atomic E-state index is 0.309. The van der Waals surface area contributed by atoms with Gasteiger partial charge in [-0.3, -0.25) is 4.90 Å². The van der Waals surface area contributed by atoms with E-state index < -0.39 is 0 Å². The maximum Gasteiger partial charge on any atom is 0.320 e. The van der Waals surface area contributed by atoms with Crippen LogP contribution in [0.25, 0.3) is 0 Å². The quantitative estimate of drug-likeness (QED) is 0.726. The van der Waals surface area contributed by atoms with Crippen molar-refractivity contribution in [3.8, 4) is 0 Å². The fourth-order valence-corrected chi connectivity index (χ4v) is 3.78. The molecule has 0 N–H and O–H groups in total. The van der Waals surface area contributed by atoms with E-state index in [9.17, 15) is 4.79 Å². The van der Waals surface area contributed by atoms with Gasteiger partial charge < -0.3 is 9.80 Å². The summed E-state index contributed by atoms with van der Waals surface area (Å²) in [5, 5.41) is 0. The molecule has 1 atom stereocenters. The maximum atomic E-state index is 12.5. The van der Waals surface area contributed by atoms with E-state index in [0.29, 0.717) is 12.1 Å². The molecule has 3 heterocycles. The molecule has 0 saturated carbocycles. The van der Waals surface area contributed by atoms with Crippen molar-refractivity contribution in [1.82, 2.24) is 14.7 Å². The number of nitrogens with zero attached hydrogens (tertiary/aromatic N) is 3. The van der Waals surface area contributed by atoms with Gasteiger partial charge >= 0.3 is 6.03 Å². The zero-order valence-corrected chi connectivity index (χ0v) is 12.0. The van der Waals surface area contributed by atoms with E-state index in [4.69, 9.17) is 0 Å². The lowest BCUT2D eigenvalue weighted by molar-refractivity contribution is 0.158. The molecule has 3 aliphatic rings. The molecule has 0 radical (unpaired) electrons. The number of hydrogen-bond acceptors (Lipinski definition) is 2. The predicted molar refractivity (Wildman–Crippen MR) is 76.2 cm³/mol. The van der Waals surface area contributed by atoms with Gasteiger partial charge in [-0.2, -0.15) is 0 Å². The van der Waals surface area contributed by atoms with Gasteiger partial charge in [0.2, 0.25) is 0 Å². The molecule has 19 heavy (non-hydrogen) atoms. The molecule has 0 bridgehead atoms. The Morgan fingerprint density at radius 3 is 2.05 bits per heavy atom. The number of carbonyl (C=O) groups is 1. The van der Waals surface area contributed by atoms with Crippen molar-refractivity contribution in [3.63, 3.8) is 0 Å². The Bertz CT molecular complexity index is 307. The van der Waals surface area contributed by atoms with Gasteiger partial charge in [-0.05, 0) is 45.2 Å². The summed E-state index contributed by atoms with van der Waals surface area (Å²) in [4.78, 5) is 19.3. The van der Waals surface area contributed by atoms with Crippen molar-refractivity contribution < 1.29 is 4.79 Å². The SMILES string of the molecule is O=C(N1CCCCCC1)N1CCC(N2CCCC2)C1. The van der Waals surface area contributed by atoms with Crippen LogP contribution in [0.5, 0.6) is 0 Å². The number of likely N-dealkylation sites (tertiary alicyclic amines) is 3. The van der Waals surface area contributed by atoms with Crippen molar-refractivity contribution in [2.75, 3.05) is 39.3 Å². The highest BCUT2D eigenvalue weighted by molar-refractivity contribution is 5.74. The summed E-state index contributed by atoms with van der Waals surface area (Å²) in [7, 11) is 0. The van der Waals surface area contributed by atoms with E-state index in [-0.39, 0.29) is 0 Å². The van der Waals surface area contributed by atoms with E-state index in [1.807, 2.05) is 0 Å². The second-order valence-corrected chi connectivity index (χ2v) is 6.32. The summed E-state index contributed by atoms with van der Waals surface area (Å²) in [6.07, 6.45) is 8.83. The lowest BCUT2D eigenvalue weighted by Gasteiger charge is -2.28. The molecule has 3 fully saturated rings. The number of amides is 2. The highest BCUT2D eigenvalue weighted by atomic mass is 16.2. The van der Waals surface area contributed by atoms with E-state index >= 15 is 0 Å². The van der Waals surface area contributed by atoms with Gasteiger partial charge in [0.1, 0.15) is 0 Å². The van der Waals surface area contributed by atoms with Gasteiger partial charge in [-0.1, -0.05) is 12.8 Å². The van der Waals surface area contributed by atoms with E-state index in [2.05, 4.69) is 14.7 Å². The summed E-state index contributed by atoms with van der Waals surface area (Å²) in [6, 6.07) is 0.946. The van der Waals surface area contributed by atoms with Crippen LogP contribution in [0.1, 0.15) is 44.9 Å². The van der Waals surface area contributed by atoms with Crippen molar-refractivity contribution in [1.29, 1.82) is 0 Å². The number of carbonyl (C=O) groups excluding carboxylic acids is 1. The van der Waals surface area contributed by atoms with E-state index in [1.54, 1.807) is 0 Å². The molecule has 4 nitrogen and oxygen atoms in total. The van der Waals surface area contributed by atoms with Crippen molar-refractivity contribution in [2.45, 2.75) is 51.0 Å². The van der Waals surface area contributed by atoms with Crippen LogP contribution in [-0.2, 0) is 0 Å². The molecule has 0 aromatic heterocycles. The first-order valence-corrected chi connectivity index (χ1v) is 8.12. The van der Waals surface area contributed by atoms with Crippen LogP contribution in [-0.4, -0.2) is 66.0 Å². The molecule has 0 aromatic carbocycles. The fourth-order valence-electron chi connectivity index (χ4n) is 3.78. The Morgan fingerprint density at radius 1 is 0.737 bits per heavy atom. The Hall–Kier alpha value is -0.770. The standard InChI is InChI=1S/C15H27N3O/c19-15(17-10-3-1-2-4-11-17)18-12-7-14(13-18)16-8-5-6-9-16/h14H,1-13H2. The normalized spacial score (nSPS) is 29.8. The van der Waals surface area contributed by atoms with Gasteiger partial charge in [-0.15, -0.1) is 0 Å². The third-order valence-corrected chi connectivity index (χ3v) is 4.97. The molecule has 3 rings (SSSR count). The maximum absolute atomic E-state index is 12.5. The van der Waals surface area contributed by atoms with Gasteiger partial charge in [0.05, 0.1) is 0 Å². The first-order chi connectivity index (χ1) is 9.34. The van der Waals surface area contributed by atoms with Crippen molar-refractivity contribution in [3.05, 3.63) is 0 Å². The van der Waals surface area contributed by atoms with E-state index in [1.165, 1.54) is 58.0 Å². The molecule has 2 amide bonds. The Balaban J connectivity index is 1.52. The highest BCUT2D eigenvalue weighted by Crippen LogP contribution is 2.22. The van der Waals surface area contributed by atoms with Crippen LogP contribution in [0, 0.1) is 0 Å². The lowest BCUT2D eigenvalue weighted by Crippen LogP contribution is -2.44. The average molecular weight is 265 g/mol. The minimum Gasteiger partial charge on any atom is -0.325 e. The molecular weight excluding hydrogens is 238 g/mol. The number of rotatable bonds is 1. The topological polar surface area (TPSA) is 26.8 Å². The Kier molecular flexibility index (Phi) is 4.26. The third kappa shape index (κ3) is 3.04. The van der Waals surface area contributed by atoms with Crippen LogP contribution in [0.15, 0.2) is 0 Å². The molecule has 108 valence electrons. The van der Waals surface area contributed by atoms with Crippen LogP contribution in [0.2, 0.25) is 0 Å². The Labute approximate surface area is 116 Å². The minimum absolute atomic E-state index is 0.309. The second-order valence-electron chi connectivity index (χ2n) is 6.32. The molecule has 1 unspecified atom stereocenters. The van der Waals surface area contributed by atoms with Crippen LogP contribution >= 0.6 is 0 Å². The number of urea groups is 1. The van der Waals surface area contributed by atoms with Crippen LogP contribution < -0.4 is 0 Å². The van der Waals surface area contributed by atoms with Gasteiger partial charge in [0, 0.05) is 32.2 Å². The second kappa shape index (κ2) is 6.12. The summed E-state index contributed by atoms with van der Waals surface area (Å²) in [5.74, 6) is 0. The zero-order valence-electron chi connectivity index (χ0n) is 12.0. The summed E-state index contributed by atoms with van der Waals surface area (Å²) >= 11 is 0. The molecule has 0 aliphatic carbocycles. The predicted octanol–water partition coefficient (Wildman–Crippen LogP) is 2.15. The smallest absolute Gasteiger partial charge is 0.320 e. The molecular formula is C15H27N3O. The van der Waals surface area contributed by atoms with Crippen LogP contribution in [0.4, 0.5) is 4.79 Å². The molecule has 3 saturated heterocycles. The highest BCUT2D eigenvalue weighted by Gasteiger charge is 2.33. The summed E-state index contributed by atoms with van der Waals surface area (Å²) in [5.41, 5.74) is 0. The molecule has 0 spiro atoms. The Morgan fingerprint density at radius 2 is 1.37 bits per heavy atom. The van der Waals surface area contributed by atoms with Crippen LogP contribution in [0.3, 0.4) is 0 Å². The fraction of sp³-hybridized carbons (Fsp3) is 0.933. The lowest BCUT2D eigenvalue weighted by atomic mass is 10.2. The van der Waals surface area contributed by atoms with Crippen molar-refractivity contribution in [2.24, 2.45) is 0 Å². The molecule has 3 aliphatic heterocycles. The average Bonchev–Trinajstić information content (AvgIpc) is 3.04. The largest absolute Gasteiger partial charge is 0.325 e. The first kappa shape index (κ1) is 13.2. The first-order valence-electron chi connectivity index (χ1n) is 8.12. The number of hydrogen-bond donors (Lipinski definition) is 0. The van der Waals surface area contributed by atoms with Gasteiger partial charge in [-0.25, -0.2) is 4.79 Å². The monoisotopic (exact) mass is 265 g/mol. The van der Waals surface area contributed by atoms with Gasteiger partial charge in [0.25, 0.3) is 0 Å². The summed E-state index contributed by atoms with van der Waals surface area (Å²) in [6.45, 7) is 6.38. The molecule has 4 heteroatoms. The third-order valence-electron chi connectivity index (χ3n) is 4.97.